The van der Waals surface area contributed by atoms with Crippen molar-refractivity contribution >= 4 is 0 Å². The van der Waals surface area contributed by atoms with Gasteiger partial charge in [-0.3, -0.25) is 0 Å². The van der Waals surface area contributed by atoms with Crippen LogP contribution in [-0.4, -0.2) is 11.7 Å². The average molecular weight is 257 g/mol. The smallest absolute Gasteiger partial charge is 0.0727 e. The van der Waals surface area contributed by atoms with Gasteiger partial charge in [-0.1, -0.05) is 52.0 Å². The van der Waals surface area contributed by atoms with Crippen molar-refractivity contribution in [2.75, 3.05) is 6.61 Å². The van der Waals surface area contributed by atoms with Crippen LogP contribution >= 0.6 is 0 Å². The van der Waals surface area contributed by atoms with Gasteiger partial charge in [0.2, 0.25) is 0 Å². The number of hydrogen-bond donors (Lipinski definition) is 1. The third kappa shape index (κ3) is 1.80. The van der Waals surface area contributed by atoms with E-state index in [0.717, 1.165) is 12.0 Å². The minimum atomic E-state index is -0.265. The van der Waals surface area contributed by atoms with Crippen molar-refractivity contribution in [2.45, 2.75) is 40.5 Å². The lowest BCUT2D eigenvalue weighted by atomic mass is 9.88. The molecule has 0 unspecified atom stereocenters. The molecule has 1 aliphatic rings. The molecule has 1 N–H and O–H groups in total. The van der Waals surface area contributed by atoms with Crippen molar-refractivity contribution in [2.24, 2.45) is 16.2 Å². The lowest BCUT2D eigenvalue weighted by Crippen LogP contribution is -2.12. The molecule has 2 heteroatoms. The Balaban J connectivity index is 2.20. The van der Waals surface area contributed by atoms with Gasteiger partial charge >= 0.3 is 0 Å². The molecule has 0 radical (unpaired) electrons. The van der Waals surface area contributed by atoms with Crippen LogP contribution in [0, 0.1) is 27.6 Å². The molecule has 0 amide bonds. The molecular formula is C17H23NO. The third-order valence-electron chi connectivity index (χ3n) is 5.72. The highest BCUT2D eigenvalue weighted by atomic mass is 16.2. The first-order valence-electron chi connectivity index (χ1n) is 6.92. The molecule has 1 aromatic rings. The van der Waals surface area contributed by atoms with Crippen LogP contribution in [0.3, 0.4) is 0 Å². The van der Waals surface area contributed by atoms with Crippen molar-refractivity contribution in [1.29, 1.82) is 5.26 Å². The number of benzene rings is 1. The van der Waals surface area contributed by atoms with Crippen LogP contribution in [0.25, 0.3) is 0 Å². The van der Waals surface area contributed by atoms with Gasteiger partial charge in [0.15, 0.2) is 0 Å². The van der Waals surface area contributed by atoms with E-state index in [0.29, 0.717) is 6.42 Å². The molecule has 2 rings (SSSR count). The van der Waals surface area contributed by atoms with Gasteiger partial charge in [0, 0.05) is 6.61 Å². The third-order valence-corrected chi connectivity index (χ3v) is 5.72. The molecule has 1 aliphatic carbocycles. The maximum absolute atomic E-state index is 9.64. The maximum atomic E-state index is 9.64. The van der Waals surface area contributed by atoms with E-state index < -0.39 is 0 Å². The minimum absolute atomic E-state index is 0.0541. The highest BCUT2D eigenvalue weighted by Gasteiger charge is 2.77. The van der Waals surface area contributed by atoms with E-state index >= 15 is 0 Å². The first-order chi connectivity index (χ1) is 8.82. The Morgan fingerprint density at radius 1 is 1.00 bits per heavy atom. The first kappa shape index (κ1) is 14.1. The Hall–Kier alpha value is -1.33. The molecule has 0 aliphatic heterocycles. The summed E-state index contributed by atoms with van der Waals surface area (Å²) in [6.07, 6.45) is 1.50. The summed E-state index contributed by atoms with van der Waals surface area (Å²) in [5.41, 5.74) is 2.20. The molecule has 1 saturated carbocycles. The van der Waals surface area contributed by atoms with Crippen molar-refractivity contribution in [3.05, 3.63) is 35.4 Å². The maximum Gasteiger partial charge on any atom is 0.0727 e. The number of aliphatic hydroxyl groups excluding tert-OH is 1. The molecule has 0 atom stereocenters. The Kier molecular flexibility index (Phi) is 3.23. The molecular weight excluding hydrogens is 234 g/mol. The number of rotatable bonds is 4. The van der Waals surface area contributed by atoms with Crippen molar-refractivity contribution in [3.63, 3.8) is 0 Å². The SMILES string of the molecule is CC1(C)C(C)(C)C1(C#N)Cc1ccc(CCO)cc1. The monoisotopic (exact) mass is 257 g/mol. The molecule has 0 spiro atoms. The summed E-state index contributed by atoms with van der Waals surface area (Å²) in [5, 5.41) is 18.6. The van der Waals surface area contributed by atoms with Gasteiger partial charge < -0.3 is 5.11 Å². The quantitative estimate of drug-likeness (QED) is 0.899. The Labute approximate surface area is 116 Å². The van der Waals surface area contributed by atoms with Crippen LogP contribution in [-0.2, 0) is 12.8 Å². The normalized spacial score (nSPS) is 21.7. The zero-order valence-corrected chi connectivity index (χ0v) is 12.3. The van der Waals surface area contributed by atoms with Gasteiger partial charge in [0.05, 0.1) is 11.5 Å². The fraction of sp³-hybridized carbons (Fsp3) is 0.588. The standard InChI is InChI=1S/C17H23NO/c1-15(2)16(3,4)17(15,12-18)11-14-7-5-13(6-8-14)9-10-19/h5-8,19H,9-11H2,1-4H3. The van der Waals surface area contributed by atoms with Gasteiger partial charge in [0.25, 0.3) is 0 Å². The van der Waals surface area contributed by atoms with Gasteiger partial charge in [-0.25, -0.2) is 0 Å². The molecule has 0 saturated heterocycles. The first-order valence-corrected chi connectivity index (χ1v) is 6.92. The summed E-state index contributed by atoms with van der Waals surface area (Å²) >= 11 is 0. The molecule has 102 valence electrons. The van der Waals surface area contributed by atoms with Crippen LogP contribution in [0.4, 0.5) is 0 Å². The van der Waals surface area contributed by atoms with Gasteiger partial charge in [-0.2, -0.15) is 5.26 Å². The van der Waals surface area contributed by atoms with Crippen molar-refractivity contribution in [3.8, 4) is 6.07 Å². The lowest BCUT2D eigenvalue weighted by Gasteiger charge is -2.13. The summed E-state index contributed by atoms with van der Waals surface area (Å²) in [7, 11) is 0. The highest BCUT2D eigenvalue weighted by Crippen LogP contribution is 2.78. The molecule has 0 bridgehead atoms. The molecule has 1 aromatic carbocycles. The minimum Gasteiger partial charge on any atom is -0.396 e. The van der Waals surface area contributed by atoms with E-state index in [1.807, 2.05) is 0 Å². The molecule has 2 nitrogen and oxygen atoms in total. The zero-order valence-electron chi connectivity index (χ0n) is 12.3. The van der Waals surface area contributed by atoms with E-state index in [-0.39, 0.29) is 22.9 Å². The number of aliphatic hydroxyl groups is 1. The van der Waals surface area contributed by atoms with E-state index in [1.165, 1.54) is 5.56 Å². The van der Waals surface area contributed by atoms with E-state index in [1.54, 1.807) is 0 Å². The summed E-state index contributed by atoms with van der Waals surface area (Å²) in [6.45, 7) is 8.95. The van der Waals surface area contributed by atoms with Crippen molar-refractivity contribution < 1.29 is 5.11 Å². The highest BCUT2D eigenvalue weighted by molar-refractivity contribution is 5.37. The van der Waals surface area contributed by atoms with E-state index in [4.69, 9.17) is 5.11 Å². The number of nitriles is 1. The van der Waals surface area contributed by atoms with Crippen LogP contribution in [0.5, 0.6) is 0 Å². The van der Waals surface area contributed by atoms with Crippen LogP contribution in [0.15, 0.2) is 24.3 Å². The number of hydrogen-bond acceptors (Lipinski definition) is 2. The summed E-state index contributed by atoms with van der Waals surface area (Å²) in [5.74, 6) is 0. The van der Waals surface area contributed by atoms with E-state index in [2.05, 4.69) is 58.0 Å². The topological polar surface area (TPSA) is 44.0 Å². The molecule has 0 aromatic heterocycles. The summed E-state index contributed by atoms with van der Waals surface area (Å²) in [4.78, 5) is 0. The Morgan fingerprint density at radius 2 is 1.47 bits per heavy atom. The van der Waals surface area contributed by atoms with Crippen LogP contribution in [0.2, 0.25) is 0 Å². The second-order valence-electron chi connectivity index (χ2n) is 6.73. The largest absolute Gasteiger partial charge is 0.396 e. The summed E-state index contributed by atoms with van der Waals surface area (Å²) in [6, 6.07) is 10.9. The van der Waals surface area contributed by atoms with E-state index in [9.17, 15) is 5.26 Å². The predicted octanol–water partition coefficient (Wildman–Crippen LogP) is 3.34. The van der Waals surface area contributed by atoms with Crippen LogP contribution in [0.1, 0.15) is 38.8 Å². The molecule has 19 heavy (non-hydrogen) atoms. The lowest BCUT2D eigenvalue weighted by molar-refractivity contribution is 0.299. The fourth-order valence-corrected chi connectivity index (χ4v) is 3.45. The average Bonchev–Trinajstić information content (AvgIpc) is 2.70. The summed E-state index contributed by atoms with van der Waals surface area (Å²) < 4.78 is 0. The van der Waals surface area contributed by atoms with Crippen molar-refractivity contribution in [1.82, 2.24) is 0 Å². The van der Waals surface area contributed by atoms with Gasteiger partial charge in [-0.15, -0.1) is 0 Å². The van der Waals surface area contributed by atoms with Gasteiger partial charge in [-0.05, 0) is 34.8 Å². The van der Waals surface area contributed by atoms with Gasteiger partial charge in [0.1, 0.15) is 0 Å². The molecule has 1 fully saturated rings. The second kappa shape index (κ2) is 4.35. The number of nitrogens with zero attached hydrogens (tertiary/aromatic N) is 1. The van der Waals surface area contributed by atoms with Crippen LogP contribution < -0.4 is 0 Å². The predicted molar refractivity (Wildman–Crippen MR) is 76.5 cm³/mol. The Bertz CT molecular complexity index is 491. The second-order valence-corrected chi connectivity index (χ2v) is 6.73. The molecule has 0 heterocycles. The fourth-order valence-electron chi connectivity index (χ4n) is 3.45. The zero-order chi connectivity index (χ0) is 14.3. The Morgan fingerprint density at radius 3 is 1.84 bits per heavy atom.